The van der Waals surface area contributed by atoms with Crippen LogP contribution in [0.4, 0.5) is 4.39 Å². The standard InChI is InChI=1S/C15H22FN/c1-4-17-15-8-6-12(11(15)3)13-9-10(2)5-7-14(13)16/h5,7,9,11-12,15,17H,4,6,8H2,1-3H3. The zero-order chi connectivity index (χ0) is 12.4. The van der Waals surface area contributed by atoms with Crippen molar-refractivity contribution in [3.8, 4) is 0 Å². The van der Waals surface area contributed by atoms with Gasteiger partial charge in [0.15, 0.2) is 0 Å². The van der Waals surface area contributed by atoms with Crippen LogP contribution in [0.25, 0.3) is 0 Å². The average molecular weight is 235 g/mol. The molecule has 94 valence electrons. The van der Waals surface area contributed by atoms with Crippen LogP contribution in [0, 0.1) is 18.7 Å². The van der Waals surface area contributed by atoms with Crippen LogP contribution in [0.3, 0.4) is 0 Å². The van der Waals surface area contributed by atoms with Gasteiger partial charge in [0.1, 0.15) is 5.82 Å². The molecule has 3 atom stereocenters. The fourth-order valence-corrected chi connectivity index (χ4v) is 3.10. The molecule has 0 aliphatic heterocycles. The van der Waals surface area contributed by atoms with E-state index in [9.17, 15) is 4.39 Å². The summed E-state index contributed by atoms with van der Waals surface area (Å²) >= 11 is 0. The van der Waals surface area contributed by atoms with Crippen molar-refractivity contribution in [2.75, 3.05) is 6.54 Å². The number of aryl methyl sites for hydroxylation is 1. The van der Waals surface area contributed by atoms with E-state index in [-0.39, 0.29) is 5.82 Å². The zero-order valence-electron chi connectivity index (χ0n) is 11.0. The minimum absolute atomic E-state index is 0.0374. The molecule has 1 N–H and O–H groups in total. The van der Waals surface area contributed by atoms with Gasteiger partial charge in [0.05, 0.1) is 0 Å². The lowest BCUT2D eigenvalue weighted by atomic mass is 9.88. The molecule has 0 saturated heterocycles. The largest absolute Gasteiger partial charge is 0.314 e. The molecule has 1 nitrogen and oxygen atoms in total. The Balaban J connectivity index is 2.20. The van der Waals surface area contributed by atoms with Gasteiger partial charge < -0.3 is 5.32 Å². The van der Waals surface area contributed by atoms with Gasteiger partial charge in [0, 0.05) is 6.04 Å². The summed E-state index contributed by atoms with van der Waals surface area (Å²) in [6.45, 7) is 7.41. The van der Waals surface area contributed by atoms with Crippen molar-refractivity contribution in [3.63, 3.8) is 0 Å². The van der Waals surface area contributed by atoms with E-state index in [1.165, 1.54) is 0 Å². The van der Waals surface area contributed by atoms with Crippen LogP contribution in [-0.4, -0.2) is 12.6 Å². The summed E-state index contributed by atoms with van der Waals surface area (Å²) in [6, 6.07) is 6.02. The fourth-order valence-electron chi connectivity index (χ4n) is 3.10. The van der Waals surface area contributed by atoms with Gasteiger partial charge in [-0.15, -0.1) is 0 Å². The van der Waals surface area contributed by atoms with E-state index in [2.05, 4.69) is 19.2 Å². The summed E-state index contributed by atoms with van der Waals surface area (Å²) in [5, 5.41) is 3.51. The third-order valence-electron chi connectivity index (χ3n) is 4.08. The Bertz CT molecular complexity index is 389. The molecule has 2 rings (SSSR count). The SMILES string of the molecule is CCNC1CCC(c2cc(C)ccc2F)C1C. The summed E-state index contributed by atoms with van der Waals surface area (Å²) < 4.78 is 13.9. The molecule has 0 heterocycles. The first-order valence-electron chi connectivity index (χ1n) is 6.63. The zero-order valence-corrected chi connectivity index (χ0v) is 11.0. The fraction of sp³-hybridized carbons (Fsp3) is 0.600. The number of hydrogen-bond donors (Lipinski definition) is 1. The van der Waals surface area contributed by atoms with Crippen LogP contribution in [0.1, 0.15) is 43.7 Å². The lowest BCUT2D eigenvalue weighted by molar-refractivity contribution is 0.405. The molecule has 1 fully saturated rings. The van der Waals surface area contributed by atoms with Crippen molar-refractivity contribution >= 4 is 0 Å². The normalized spacial score (nSPS) is 28.6. The highest BCUT2D eigenvalue weighted by Gasteiger charge is 2.34. The number of benzene rings is 1. The van der Waals surface area contributed by atoms with E-state index in [4.69, 9.17) is 0 Å². The van der Waals surface area contributed by atoms with Gasteiger partial charge in [0.2, 0.25) is 0 Å². The maximum atomic E-state index is 13.9. The second-order valence-corrected chi connectivity index (χ2v) is 5.23. The highest BCUT2D eigenvalue weighted by atomic mass is 19.1. The molecule has 17 heavy (non-hydrogen) atoms. The maximum Gasteiger partial charge on any atom is 0.126 e. The van der Waals surface area contributed by atoms with Crippen molar-refractivity contribution in [2.24, 2.45) is 5.92 Å². The maximum absolute atomic E-state index is 13.9. The Morgan fingerprint density at radius 2 is 2.12 bits per heavy atom. The number of rotatable bonds is 3. The van der Waals surface area contributed by atoms with Gasteiger partial charge in [-0.25, -0.2) is 4.39 Å². The summed E-state index contributed by atoms with van der Waals surface area (Å²) in [4.78, 5) is 0. The van der Waals surface area contributed by atoms with Crippen LogP contribution in [0.15, 0.2) is 18.2 Å². The van der Waals surface area contributed by atoms with Gasteiger partial charge in [-0.1, -0.05) is 31.5 Å². The third kappa shape index (κ3) is 2.52. The van der Waals surface area contributed by atoms with Gasteiger partial charge in [-0.2, -0.15) is 0 Å². The van der Waals surface area contributed by atoms with Crippen LogP contribution in [0.2, 0.25) is 0 Å². The van der Waals surface area contributed by atoms with Gasteiger partial charge in [-0.05, 0) is 49.8 Å². The minimum atomic E-state index is -0.0374. The molecule has 1 aliphatic rings. The highest BCUT2D eigenvalue weighted by Crippen LogP contribution is 2.40. The van der Waals surface area contributed by atoms with E-state index in [1.54, 1.807) is 6.07 Å². The first-order valence-corrected chi connectivity index (χ1v) is 6.63. The summed E-state index contributed by atoms with van der Waals surface area (Å²) in [7, 11) is 0. The van der Waals surface area contributed by atoms with Crippen LogP contribution in [-0.2, 0) is 0 Å². The highest BCUT2D eigenvalue weighted by molar-refractivity contribution is 5.29. The Labute approximate surface area is 103 Å². The Hall–Kier alpha value is -0.890. The molecule has 1 aromatic carbocycles. The summed E-state index contributed by atoms with van der Waals surface area (Å²) in [6.07, 6.45) is 2.26. The van der Waals surface area contributed by atoms with Crippen LogP contribution < -0.4 is 5.32 Å². The van der Waals surface area contributed by atoms with Crippen LogP contribution in [0.5, 0.6) is 0 Å². The van der Waals surface area contributed by atoms with E-state index >= 15 is 0 Å². The van der Waals surface area contributed by atoms with Crippen molar-refractivity contribution in [3.05, 3.63) is 35.1 Å². The smallest absolute Gasteiger partial charge is 0.126 e. The van der Waals surface area contributed by atoms with E-state index in [0.717, 1.165) is 30.5 Å². The molecule has 0 amide bonds. The van der Waals surface area contributed by atoms with E-state index in [0.29, 0.717) is 17.9 Å². The molecule has 2 heteroatoms. The summed E-state index contributed by atoms with van der Waals surface area (Å²) in [5.74, 6) is 0.856. The monoisotopic (exact) mass is 235 g/mol. The minimum Gasteiger partial charge on any atom is -0.314 e. The lowest BCUT2D eigenvalue weighted by Gasteiger charge is -2.22. The van der Waals surface area contributed by atoms with Crippen molar-refractivity contribution in [1.29, 1.82) is 0 Å². The molecule has 0 bridgehead atoms. The predicted octanol–water partition coefficient (Wildman–Crippen LogP) is 3.63. The van der Waals surface area contributed by atoms with Crippen molar-refractivity contribution in [2.45, 2.75) is 45.6 Å². The topological polar surface area (TPSA) is 12.0 Å². The molecule has 1 aromatic rings. The van der Waals surface area contributed by atoms with Gasteiger partial charge in [0.25, 0.3) is 0 Å². The molecule has 1 aliphatic carbocycles. The van der Waals surface area contributed by atoms with Crippen molar-refractivity contribution in [1.82, 2.24) is 5.32 Å². The van der Waals surface area contributed by atoms with Crippen molar-refractivity contribution < 1.29 is 4.39 Å². The molecule has 0 aromatic heterocycles. The average Bonchev–Trinajstić information content (AvgIpc) is 2.65. The predicted molar refractivity (Wildman–Crippen MR) is 69.7 cm³/mol. The quantitative estimate of drug-likeness (QED) is 0.843. The third-order valence-corrected chi connectivity index (χ3v) is 4.08. The molecule has 0 radical (unpaired) electrons. The number of nitrogens with one attached hydrogen (secondary N) is 1. The molecular weight excluding hydrogens is 213 g/mol. The molecule has 1 saturated carbocycles. The van der Waals surface area contributed by atoms with Gasteiger partial charge >= 0.3 is 0 Å². The second kappa shape index (κ2) is 5.18. The first-order chi connectivity index (χ1) is 8.13. The molecule has 0 spiro atoms. The number of halogens is 1. The van der Waals surface area contributed by atoms with Crippen LogP contribution >= 0.6 is 0 Å². The summed E-state index contributed by atoms with van der Waals surface area (Å²) in [5.41, 5.74) is 2.07. The lowest BCUT2D eigenvalue weighted by Crippen LogP contribution is -2.32. The Morgan fingerprint density at radius 3 is 2.82 bits per heavy atom. The van der Waals surface area contributed by atoms with E-state index < -0.39 is 0 Å². The number of hydrogen-bond acceptors (Lipinski definition) is 1. The molecule has 3 unspecified atom stereocenters. The Morgan fingerprint density at radius 1 is 1.35 bits per heavy atom. The molecular formula is C15H22FN. The Kier molecular flexibility index (Phi) is 3.82. The van der Waals surface area contributed by atoms with Gasteiger partial charge in [-0.3, -0.25) is 0 Å². The first kappa shape index (κ1) is 12.6. The second-order valence-electron chi connectivity index (χ2n) is 5.23. The van der Waals surface area contributed by atoms with E-state index in [1.807, 2.05) is 19.1 Å².